The van der Waals surface area contributed by atoms with Gasteiger partial charge in [-0.25, -0.2) is 4.79 Å². The van der Waals surface area contributed by atoms with E-state index in [0.717, 1.165) is 4.88 Å². The number of aryl methyl sites for hydroxylation is 1. The normalized spacial score (nSPS) is 11.4. The van der Waals surface area contributed by atoms with Crippen LogP contribution in [-0.4, -0.2) is 28.7 Å². The summed E-state index contributed by atoms with van der Waals surface area (Å²) < 4.78 is 6.94. The van der Waals surface area contributed by atoms with Gasteiger partial charge in [0.15, 0.2) is 4.80 Å². The van der Waals surface area contributed by atoms with E-state index >= 15 is 0 Å². The highest BCUT2D eigenvalue weighted by Gasteiger charge is 2.12. The van der Waals surface area contributed by atoms with Crippen LogP contribution in [-0.2, 0) is 6.54 Å². The SMILES string of the molecule is COc1cccc(C(=O)N=c2sc(C)cn2Cc2ccccc2C(=O)O)c1. The van der Waals surface area contributed by atoms with Gasteiger partial charge in [-0.1, -0.05) is 24.3 Å². The molecule has 0 bridgehead atoms. The minimum atomic E-state index is -0.982. The highest BCUT2D eigenvalue weighted by Crippen LogP contribution is 2.14. The summed E-state index contributed by atoms with van der Waals surface area (Å²) in [7, 11) is 1.54. The number of methoxy groups -OCH3 is 1. The van der Waals surface area contributed by atoms with Gasteiger partial charge in [0.25, 0.3) is 5.91 Å². The average Bonchev–Trinajstić information content (AvgIpc) is 3.00. The number of rotatable bonds is 5. The molecular formula is C20H18N2O4S. The number of carbonyl (C=O) groups is 2. The molecule has 0 atom stereocenters. The fourth-order valence-electron chi connectivity index (χ4n) is 2.66. The second kappa shape index (κ2) is 8.01. The smallest absolute Gasteiger partial charge is 0.336 e. The Morgan fingerprint density at radius 3 is 2.70 bits per heavy atom. The molecule has 0 aliphatic heterocycles. The lowest BCUT2D eigenvalue weighted by Crippen LogP contribution is -2.18. The highest BCUT2D eigenvalue weighted by atomic mass is 32.1. The number of hydrogen-bond acceptors (Lipinski definition) is 4. The number of ether oxygens (including phenoxy) is 1. The molecule has 138 valence electrons. The fraction of sp³-hybridized carbons (Fsp3) is 0.150. The Bertz CT molecular complexity index is 1070. The van der Waals surface area contributed by atoms with Crippen molar-refractivity contribution in [3.05, 3.63) is 81.1 Å². The molecule has 1 heterocycles. The van der Waals surface area contributed by atoms with Crippen LogP contribution < -0.4 is 9.54 Å². The zero-order valence-electron chi connectivity index (χ0n) is 14.9. The predicted octanol–water partition coefficient (Wildman–Crippen LogP) is 3.35. The third kappa shape index (κ3) is 4.32. The van der Waals surface area contributed by atoms with E-state index in [4.69, 9.17) is 4.74 Å². The van der Waals surface area contributed by atoms with Crippen LogP contribution in [0.5, 0.6) is 5.75 Å². The summed E-state index contributed by atoms with van der Waals surface area (Å²) >= 11 is 1.38. The second-order valence-electron chi connectivity index (χ2n) is 5.86. The van der Waals surface area contributed by atoms with Crippen molar-refractivity contribution >= 4 is 23.2 Å². The van der Waals surface area contributed by atoms with Crippen molar-refractivity contribution in [2.45, 2.75) is 13.5 Å². The van der Waals surface area contributed by atoms with E-state index in [2.05, 4.69) is 4.99 Å². The number of amides is 1. The Morgan fingerprint density at radius 2 is 1.96 bits per heavy atom. The third-order valence-corrected chi connectivity index (χ3v) is 4.87. The molecule has 1 N–H and O–H groups in total. The number of thiazole rings is 1. The molecule has 0 fully saturated rings. The summed E-state index contributed by atoms with van der Waals surface area (Å²) in [6.45, 7) is 2.23. The summed E-state index contributed by atoms with van der Waals surface area (Å²) in [5.41, 5.74) is 1.31. The van der Waals surface area contributed by atoms with E-state index in [1.165, 1.54) is 18.4 Å². The highest BCUT2D eigenvalue weighted by molar-refractivity contribution is 7.09. The average molecular weight is 382 g/mol. The molecule has 3 rings (SSSR count). The zero-order chi connectivity index (χ0) is 19.4. The zero-order valence-corrected chi connectivity index (χ0v) is 15.7. The van der Waals surface area contributed by atoms with Gasteiger partial charge in [-0.2, -0.15) is 4.99 Å². The van der Waals surface area contributed by atoms with Crippen molar-refractivity contribution in [1.82, 2.24) is 4.57 Å². The van der Waals surface area contributed by atoms with Gasteiger partial charge in [0, 0.05) is 16.6 Å². The van der Waals surface area contributed by atoms with Gasteiger partial charge >= 0.3 is 5.97 Å². The quantitative estimate of drug-likeness (QED) is 0.734. The van der Waals surface area contributed by atoms with E-state index in [-0.39, 0.29) is 11.5 Å². The van der Waals surface area contributed by atoms with Crippen molar-refractivity contribution in [2.75, 3.05) is 7.11 Å². The van der Waals surface area contributed by atoms with Crippen LogP contribution in [0.2, 0.25) is 0 Å². The molecule has 0 saturated heterocycles. The number of carboxylic acid groups (broad SMARTS) is 1. The van der Waals surface area contributed by atoms with Crippen LogP contribution in [0.25, 0.3) is 0 Å². The standard InChI is InChI=1S/C20H18N2O4S/c1-13-11-22(12-15-6-3-4-9-17(15)19(24)25)20(27-13)21-18(23)14-7-5-8-16(10-14)26-2/h3-11H,12H2,1-2H3,(H,24,25). The molecule has 0 aliphatic carbocycles. The predicted molar refractivity (Wildman–Crippen MR) is 102 cm³/mol. The third-order valence-electron chi connectivity index (χ3n) is 3.94. The molecule has 2 aromatic carbocycles. The van der Waals surface area contributed by atoms with E-state index in [9.17, 15) is 14.7 Å². The number of benzene rings is 2. The van der Waals surface area contributed by atoms with Gasteiger partial charge in [-0.15, -0.1) is 11.3 Å². The molecule has 6 nitrogen and oxygen atoms in total. The summed E-state index contributed by atoms with van der Waals surface area (Å²) in [6, 6.07) is 13.6. The lowest BCUT2D eigenvalue weighted by atomic mass is 10.1. The van der Waals surface area contributed by atoms with Crippen LogP contribution in [0.3, 0.4) is 0 Å². The molecule has 0 aliphatic rings. The van der Waals surface area contributed by atoms with Crippen molar-refractivity contribution < 1.29 is 19.4 Å². The molecule has 0 saturated carbocycles. The van der Waals surface area contributed by atoms with Crippen molar-refractivity contribution in [1.29, 1.82) is 0 Å². The molecule has 3 aromatic rings. The number of carbonyl (C=O) groups excluding carboxylic acids is 1. The van der Waals surface area contributed by atoms with Crippen LogP contribution in [0.4, 0.5) is 0 Å². The summed E-state index contributed by atoms with van der Waals surface area (Å²) in [6.07, 6.45) is 1.86. The van der Waals surface area contributed by atoms with Gasteiger partial charge in [0.1, 0.15) is 5.75 Å². The lowest BCUT2D eigenvalue weighted by molar-refractivity contribution is 0.0695. The number of aromatic carboxylic acids is 1. The topological polar surface area (TPSA) is 80.9 Å². The Labute approximate surface area is 160 Å². The largest absolute Gasteiger partial charge is 0.497 e. The van der Waals surface area contributed by atoms with Crippen LogP contribution in [0.15, 0.2) is 59.7 Å². The first-order chi connectivity index (χ1) is 13.0. The molecule has 0 radical (unpaired) electrons. The minimum absolute atomic E-state index is 0.235. The molecule has 7 heteroatoms. The molecule has 27 heavy (non-hydrogen) atoms. The van der Waals surface area contributed by atoms with Gasteiger partial charge in [0.2, 0.25) is 0 Å². The van der Waals surface area contributed by atoms with Crippen molar-refractivity contribution in [2.24, 2.45) is 4.99 Å². The Kier molecular flexibility index (Phi) is 5.52. The fourth-order valence-corrected chi connectivity index (χ4v) is 3.49. The summed E-state index contributed by atoms with van der Waals surface area (Å²) in [5.74, 6) is -0.776. The van der Waals surface area contributed by atoms with E-state index < -0.39 is 5.97 Å². The first-order valence-corrected chi connectivity index (χ1v) is 9.01. The minimum Gasteiger partial charge on any atom is -0.497 e. The Balaban J connectivity index is 1.98. The van der Waals surface area contributed by atoms with Gasteiger partial charge in [-0.05, 0) is 36.8 Å². The number of aromatic nitrogens is 1. The van der Waals surface area contributed by atoms with Crippen molar-refractivity contribution in [3.63, 3.8) is 0 Å². The molecule has 0 spiro atoms. The van der Waals surface area contributed by atoms with E-state index in [1.807, 2.05) is 13.1 Å². The Morgan fingerprint density at radius 1 is 1.19 bits per heavy atom. The van der Waals surface area contributed by atoms with Crippen molar-refractivity contribution in [3.8, 4) is 5.75 Å². The number of nitrogens with zero attached hydrogens (tertiary/aromatic N) is 2. The summed E-state index contributed by atoms with van der Waals surface area (Å²) in [4.78, 5) is 29.7. The van der Waals surface area contributed by atoms with Gasteiger partial charge < -0.3 is 14.4 Å². The van der Waals surface area contributed by atoms with Crippen LogP contribution >= 0.6 is 11.3 Å². The lowest BCUT2D eigenvalue weighted by Gasteiger charge is -2.07. The number of hydrogen-bond donors (Lipinski definition) is 1. The first kappa shape index (κ1) is 18.6. The van der Waals surface area contributed by atoms with Gasteiger partial charge in [0.05, 0.1) is 19.2 Å². The summed E-state index contributed by atoms with van der Waals surface area (Å²) in [5, 5.41) is 9.37. The monoisotopic (exact) mass is 382 g/mol. The molecular weight excluding hydrogens is 364 g/mol. The first-order valence-electron chi connectivity index (χ1n) is 8.19. The Hall–Kier alpha value is -3.19. The van der Waals surface area contributed by atoms with E-state index in [1.54, 1.807) is 53.1 Å². The molecule has 1 aromatic heterocycles. The maximum atomic E-state index is 12.5. The maximum absolute atomic E-state index is 12.5. The number of carboxylic acids is 1. The van der Waals surface area contributed by atoms with Crippen LogP contribution in [0.1, 0.15) is 31.2 Å². The van der Waals surface area contributed by atoms with E-state index in [0.29, 0.717) is 28.2 Å². The molecule has 0 unspecified atom stereocenters. The molecule has 1 amide bonds. The van der Waals surface area contributed by atoms with Crippen LogP contribution in [0, 0.1) is 6.92 Å². The maximum Gasteiger partial charge on any atom is 0.336 e. The second-order valence-corrected chi connectivity index (χ2v) is 7.08. The van der Waals surface area contributed by atoms with Gasteiger partial charge in [-0.3, -0.25) is 4.79 Å².